The fraction of sp³-hybridized carbons (Fsp3) is 0.500. The van der Waals surface area contributed by atoms with Crippen molar-refractivity contribution in [2.24, 2.45) is 7.05 Å². The second-order valence-corrected chi connectivity index (χ2v) is 5.35. The van der Waals surface area contributed by atoms with Crippen LogP contribution in [-0.2, 0) is 11.8 Å². The lowest BCUT2D eigenvalue weighted by molar-refractivity contribution is -0.0143. The Bertz CT molecular complexity index is 763. The first-order valence-electron chi connectivity index (χ1n) is 5.76. The largest absolute Gasteiger partial charge is 0.393 e. The van der Waals surface area contributed by atoms with Gasteiger partial charge in [0.05, 0.1) is 6.61 Å². The standard InChI is InChI=1S/C10H10N6O3S/c1-15-9-8(5(2-11)13-15)12-14-16(10(9)18)6-4-20-7(3-17)19-6/h6-7,17H,3-4H2,1H3. The number of rotatable bonds is 2. The number of aromatic nitrogens is 5. The lowest BCUT2D eigenvalue weighted by atomic mass is 10.4. The van der Waals surface area contributed by atoms with E-state index in [0.717, 1.165) is 4.68 Å². The second kappa shape index (κ2) is 4.86. The highest BCUT2D eigenvalue weighted by atomic mass is 32.2. The van der Waals surface area contributed by atoms with E-state index in [1.54, 1.807) is 7.05 Å². The summed E-state index contributed by atoms with van der Waals surface area (Å²) in [6.07, 6.45) is -0.581. The van der Waals surface area contributed by atoms with E-state index in [2.05, 4.69) is 15.4 Å². The molecule has 1 fully saturated rings. The minimum Gasteiger partial charge on any atom is -0.393 e. The molecule has 0 amide bonds. The summed E-state index contributed by atoms with van der Waals surface area (Å²) in [6, 6.07) is 1.87. The first-order valence-corrected chi connectivity index (χ1v) is 6.80. The van der Waals surface area contributed by atoms with Gasteiger partial charge < -0.3 is 9.84 Å². The molecule has 2 unspecified atom stereocenters. The highest BCUT2D eigenvalue weighted by molar-refractivity contribution is 8.00. The third-order valence-electron chi connectivity index (χ3n) is 2.94. The van der Waals surface area contributed by atoms with Crippen molar-refractivity contribution in [1.82, 2.24) is 24.8 Å². The van der Waals surface area contributed by atoms with Crippen LogP contribution in [0.3, 0.4) is 0 Å². The summed E-state index contributed by atoms with van der Waals surface area (Å²) in [4.78, 5) is 12.4. The van der Waals surface area contributed by atoms with Crippen LogP contribution < -0.4 is 5.56 Å². The second-order valence-electron chi connectivity index (χ2n) is 4.16. The van der Waals surface area contributed by atoms with Crippen LogP contribution in [0.4, 0.5) is 0 Å². The zero-order valence-electron chi connectivity index (χ0n) is 10.4. The summed E-state index contributed by atoms with van der Waals surface area (Å²) in [5.41, 5.74) is -0.339. The van der Waals surface area contributed by atoms with Crippen LogP contribution >= 0.6 is 11.8 Å². The lowest BCUT2D eigenvalue weighted by Crippen LogP contribution is -2.31. The lowest BCUT2D eigenvalue weighted by Gasteiger charge is -2.11. The SMILES string of the molecule is Cn1nc(C#N)c2nnn(C3CSC(CO)O3)c(=O)c21. The van der Waals surface area contributed by atoms with Crippen molar-refractivity contribution in [1.29, 1.82) is 5.26 Å². The molecule has 20 heavy (non-hydrogen) atoms. The Morgan fingerprint density at radius 3 is 3.10 bits per heavy atom. The van der Waals surface area contributed by atoms with Crippen LogP contribution in [0, 0.1) is 11.3 Å². The van der Waals surface area contributed by atoms with Crippen molar-refractivity contribution in [2.75, 3.05) is 12.4 Å². The Balaban J connectivity index is 2.11. The summed E-state index contributed by atoms with van der Waals surface area (Å²) in [7, 11) is 1.57. The summed E-state index contributed by atoms with van der Waals surface area (Å²) >= 11 is 1.40. The fourth-order valence-corrected chi connectivity index (χ4v) is 2.93. The topological polar surface area (TPSA) is 119 Å². The van der Waals surface area contributed by atoms with Crippen molar-refractivity contribution in [3.8, 4) is 6.07 Å². The number of nitrogens with zero attached hydrogens (tertiary/aromatic N) is 6. The molecule has 104 valence electrons. The van der Waals surface area contributed by atoms with Crippen LogP contribution in [-0.4, -0.2) is 47.7 Å². The molecule has 10 heteroatoms. The molecule has 9 nitrogen and oxygen atoms in total. The molecule has 0 saturated carbocycles. The molecule has 0 aliphatic carbocycles. The van der Waals surface area contributed by atoms with Crippen molar-refractivity contribution in [3.63, 3.8) is 0 Å². The maximum Gasteiger partial charge on any atom is 0.298 e. The number of hydrogen-bond donors (Lipinski definition) is 1. The third-order valence-corrected chi connectivity index (χ3v) is 4.04. The Labute approximate surface area is 116 Å². The molecule has 0 aromatic carbocycles. The molecule has 1 aliphatic rings. The van der Waals surface area contributed by atoms with Crippen LogP contribution in [0.5, 0.6) is 0 Å². The van der Waals surface area contributed by atoms with E-state index in [0.29, 0.717) is 5.75 Å². The minimum absolute atomic E-state index is 0.0641. The number of thioether (sulfide) groups is 1. The van der Waals surface area contributed by atoms with Crippen molar-refractivity contribution in [2.45, 2.75) is 11.7 Å². The smallest absolute Gasteiger partial charge is 0.298 e. The molecule has 2 atom stereocenters. The maximum absolute atomic E-state index is 12.4. The minimum atomic E-state index is -0.581. The Kier molecular flexibility index (Phi) is 3.17. The van der Waals surface area contributed by atoms with Gasteiger partial charge in [0.15, 0.2) is 23.0 Å². The zero-order valence-corrected chi connectivity index (χ0v) is 11.2. The maximum atomic E-state index is 12.4. The molecule has 0 spiro atoms. The van der Waals surface area contributed by atoms with Gasteiger partial charge in [-0.15, -0.1) is 16.9 Å². The van der Waals surface area contributed by atoms with E-state index < -0.39 is 11.8 Å². The highest BCUT2D eigenvalue weighted by Gasteiger charge is 2.29. The molecule has 1 saturated heterocycles. The van der Waals surface area contributed by atoms with Crippen LogP contribution in [0.2, 0.25) is 0 Å². The van der Waals surface area contributed by atoms with Gasteiger partial charge in [-0.2, -0.15) is 15.0 Å². The molecule has 2 aromatic heterocycles. The summed E-state index contributed by atoms with van der Waals surface area (Å²) in [5, 5.41) is 29.6. The monoisotopic (exact) mass is 294 g/mol. The van der Waals surface area contributed by atoms with Crippen LogP contribution in [0.1, 0.15) is 11.9 Å². The first kappa shape index (κ1) is 13.0. The summed E-state index contributed by atoms with van der Waals surface area (Å²) in [6.45, 7) is -0.129. The van der Waals surface area contributed by atoms with E-state index in [-0.39, 0.29) is 28.8 Å². The summed E-state index contributed by atoms with van der Waals surface area (Å²) < 4.78 is 7.91. The van der Waals surface area contributed by atoms with Gasteiger partial charge in [-0.3, -0.25) is 9.48 Å². The Morgan fingerprint density at radius 2 is 2.45 bits per heavy atom. The molecular weight excluding hydrogens is 284 g/mol. The summed E-state index contributed by atoms with van der Waals surface area (Å²) in [5.74, 6) is 0.494. The molecule has 0 radical (unpaired) electrons. The van der Waals surface area contributed by atoms with E-state index in [9.17, 15) is 4.79 Å². The fourth-order valence-electron chi connectivity index (χ4n) is 2.02. The molecule has 1 aliphatic heterocycles. The van der Waals surface area contributed by atoms with Gasteiger partial charge in [-0.05, 0) is 0 Å². The van der Waals surface area contributed by atoms with E-state index in [4.69, 9.17) is 15.1 Å². The predicted molar refractivity (Wildman–Crippen MR) is 68.7 cm³/mol. The van der Waals surface area contributed by atoms with Gasteiger partial charge in [0.2, 0.25) is 0 Å². The van der Waals surface area contributed by atoms with Crippen LogP contribution in [0.25, 0.3) is 11.0 Å². The normalized spacial score (nSPS) is 22.2. The average Bonchev–Trinajstić information content (AvgIpc) is 3.04. The number of aliphatic hydroxyl groups excluding tert-OH is 1. The molecular formula is C10H10N6O3S. The predicted octanol–water partition coefficient (Wildman–Crippen LogP) is -1.02. The van der Waals surface area contributed by atoms with Crippen molar-refractivity contribution < 1.29 is 9.84 Å². The van der Waals surface area contributed by atoms with Gasteiger partial charge in [0.1, 0.15) is 11.5 Å². The Morgan fingerprint density at radius 1 is 1.65 bits per heavy atom. The van der Waals surface area contributed by atoms with Gasteiger partial charge in [-0.1, -0.05) is 5.21 Å². The molecule has 0 bridgehead atoms. The van der Waals surface area contributed by atoms with E-state index in [1.807, 2.05) is 6.07 Å². The number of nitriles is 1. The van der Waals surface area contributed by atoms with Gasteiger partial charge in [0.25, 0.3) is 5.56 Å². The molecule has 3 heterocycles. The number of hydrogen-bond acceptors (Lipinski definition) is 8. The molecule has 1 N–H and O–H groups in total. The van der Waals surface area contributed by atoms with Crippen molar-refractivity contribution >= 4 is 22.8 Å². The zero-order chi connectivity index (χ0) is 14.3. The van der Waals surface area contributed by atoms with Gasteiger partial charge in [-0.25, -0.2) is 0 Å². The van der Waals surface area contributed by atoms with Gasteiger partial charge in [0, 0.05) is 12.8 Å². The number of ether oxygens (including phenoxy) is 1. The van der Waals surface area contributed by atoms with E-state index >= 15 is 0 Å². The molecule has 2 aromatic rings. The highest BCUT2D eigenvalue weighted by Crippen LogP contribution is 2.30. The number of aryl methyl sites for hydroxylation is 1. The van der Waals surface area contributed by atoms with E-state index in [1.165, 1.54) is 16.4 Å². The van der Waals surface area contributed by atoms with Crippen molar-refractivity contribution in [3.05, 3.63) is 16.0 Å². The number of aliphatic hydroxyl groups is 1. The quantitative estimate of drug-likeness (QED) is 0.747. The Hall–Kier alpha value is -1.96. The molecule has 3 rings (SSSR count). The average molecular weight is 294 g/mol. The number of fused-ring (bicyclic) bond motifs is 1. The first-order chi connectivity index (χ1) is 9.65. The van der Waals surface area contributed by atoms with Gasteiger partial charge >= 0.3 is 0 Å². The third kappa shape index (κ3) is 1.87. The van der Waals surface area contributed by atoms with Crippen LogP contribution in [0.15, 0.2) is 4.79 Å².